The van der Waals surface area contributed by atoms with Gasteiger partial charge in [0.05, 0.1) is 26.1 Å². The SMILES string of the molecule is CCC1CN2CCC(=O)NC=CC=CC=CC2(C)CC1C(=COC)C(=O)OC. The van der Waals surface area contributed by atoms with Gasteiger partial charge in [0.25, 0.3) is 0 Å². The molecule has 6 nitrogen and oxygen atoms in total. The van der Waals surface area contributed by atoms with E-state index < -0.39 is 0 Å². The summed E-state index contributed by atoms with van der Waals surface area (Å²) in [4.78, 5) is 26.9. The summed E-state index contributed by atoms with van der Waals surface area (Å²) in [6.07, 6.45) is 15.1. The van der Waals surface area contributed by atoms with E-state index >= 15 is 0 Å². The van der Waals surface area contributed by atoms with E-state index in [1.54, 1.807) is 19.4 Å². The molecule has 28 heavy (non-hydrogen) atoms. The molecule has 0 aromatic carbocycles. The monoisotopic (exact) mass is 388 g/mol. The van der Waals surface area contributed by atoms with Crippen LogP contribution in [-0.4, -0.2) is 49.6 Å². The second-order valence-corrected chi connectivity index (χ2v) is 7.50. The van der Waals surface area contributed by atoms with Gasteiger partial charge in [0.2, 0.25) is 5.91 Å². The van der Waals surface area contributed by atoms with Crippen LogP contribution in [-0.2, 0) is 19.1 Å². The second-order valence-electron chi connectivity index (χ2n) is 7.50. The zero-order valence-electron chi connectivity index (χ0n) is 17.3. The fraction of sp³-hybridized carbons (Fsp3) is 0.545. The summed E-state index contributed by atoms with van der Waals surface area (Å²) < 4.78 is 10.2. The van der Waals surface area contributed by atoms with Crippen molar-refractivity contribution in [2.24, 2.45) is 11.8 Å². The van der Waals surface area contributed by atoms with E-state index in [2.05, 4.69) is 30.1 Å². The highest BCUT2D eigenvalue weighted by Crippen LogP contribution is 2.41. The van der Waals surface area contributed by atoms with E-state index in [0.717, 1.165) is 19.4 Å². The third-order valence-corrected chi connectivity index (χ3v) is 5.71. The van der Waals surface area contributed by atoms with Crippen molar-refractivity contribution in [3.8, 4) is 0 Å². The van der Waals surface area contributed by atoms with Crippen LogP contribution in [0.25, 0.3) is 0 Å². The molecule has 1 fully saturated rings. The molecule has 0 aliphatic carbocycles. The molecule has 0 spiro atoms. The standard InChI is InChI=1S/C22H32N2O4/c1-5-17-15-24-13-10-20(25)23-12-9-7-6-8-11-22(24,2)14-18(17)19(16-27-3)21(26)28-4/h6-9,11-12,16-18H,5,10,13-15H2,1-4H3,(H,23,25). The van der Waals surface area contributed by atoms with E-state index in [1.807, 2.05) is 18.2 Å². The highest BCUT2D eigenvalue weighted by Gasteiger charge is 2.44. The first-order valence-corrected chi connectivity index (χ1v) is 9.81. The van der Waals surface area contributed by atoms with Crippen LogP contribution in [0.15, 0.2) is 48.4 Å². The summed E-state index contributed by atoms with van der Waals surface area (Å²) in [7, 11) is 2.95. The lowest BCUT2D eigenvalue weighted by Gasteiger charge is -2.50. The van der Waals surface area contributed by atoms with Crippen LogP contribution >= 0.6 is 0 Å². The normalized spacial score (nSPS) is 29.3. The summed E-state index contributed by atoms with van der Waals surface area (Å²) in [5.74, 6) is -0.0487. The minimum Gasteiger partial charge on any atom is -0.504 e. The van der Waals surface area contributed by atoms with E-state index in [4.69, 9.17) is 9.47 Å². The minimum absolute atomic E-state index is 0.00116. The first-order valence-electron chi connectivity index (χ1n) is 9.81. The maximum Gasteiger partial charge on any atom is 0.337 e. The van der Waals surface area contributed by atoms with Gasteiger partial charge in [0.1, 0.15) is 0 Å². The van der Waals surface area contributed by atoms with Gasteiger partial charge in [-0.25, -0.2) is 4.79 Å². The van der Waals surface area contributed by atoms with Gasteiger partial charge in [0.15, 0.2) is 0 Å². The third-order valence-electron chi connectivity index (χ3n) is 5.71. The molecule has 0 aromatic rings. The van der Waals surface area contributed by atoms with Crippen molar-refractivity contribution in [1.29, 1.82) is 0 Å². The topological polar surface area (TPSA) is 67.9 Å². The number of rotatable bonds is 4. The molecule has 0 saturated carbocycles. The van der Waals surface area contributed by atoms with Gasteiger partial charge >= 0.3 is 5.97 Å². The Balaban J connectivity index is 2.39. The second kappa shape index (κ2) is 10.3. The van der Waals surface area contributed by atoms with Crippen molar-refractivity contribution in [2.45, 2.75) is 38.6 Å². The van der Waals surface area contributed by atoms with Gasteiger partial charge in [-0.15, -0.1) is 0 Å². The largest absolute Gasteiger partial charge is 0.504 e. The molecule has 3 unspecified atom stereocenters. The van der Waals surface area contributed by atoms with Gasteiger partial charge in [-0.2, -0.15) is 0 Å². The molecule has 6 heteroatoms. The zero-order chi connectivity index (χ0) is 20.6. The Hall–Kier alpha value is -2.34. The van der Waals surface area contributed by atoms with Crippen molar-refractivity contribution in [2.75, 3.05) is 27.3 Å². The fourth-order valence-electron chi connectivity index (χ4n) is 4.09. The van der Waals surface area contributed by atoms with E-state index in [1.165, 1.54) is 13.4 Å². The van der Waals surface area contributed by atoms with Gasteiger partial charge in [0, 0.05) is 37.2 Å². The van der Waals surface area contributed by atoms with Crippen LogP contribution in [0.1, 0.15) is 33.1 Å². The first-order chi connectivity index (χ1) is 13.4. The maximum absolute atomic E-state index is 12.4. The number of nitrogens with zero attached hydrogens (tertiary/aromatic N) is 1. The lowest BCUT2D eigenvalue weighted by molar-refractivity contribution is -0.137. The number of ether oxygens (including phenoxy) is 2. The predicted molar refractivity (Wildman–Crippen MR) is 109 cm³/mol. The summed E-state index contributed by atoms with van der Waals surface area (Å²) >= 11 is 0. The number of allylic oxidation sites excluding steroid dienone is 4. The number of nitrogens with one attached hydrogen (secondary N) is 1. The van der Waals surface area contributed by atoms with Crippen LogP contribution in [0.5, 0.6) is 0 Å². The Morgan fingerprint density at radius 1 is 1.32 bits per heavy atom. The van der Waals surface area contributed by atoms with Crippen molar-refractivity contribution in [3.63, 3.8) is 0 Å². The van der Waals surface area contributed by atoms with Gasteiger partial charge < -0.3 is 14.8 Å². The molecule has 2 heterocycles. The van der Waals surface area contributed by atoms with Crippen LogP contribution < -0.4 is 5.32 Å². The number of carbonyl (C=O) groups is 2. The molecule has 1 amide bonds. The highest BCUT2D eigenvalue weighted by molar-refractivity contribution is 5.88. The molecule has 0 bridgehead atoms. The lowest BCUT2D eigenvalue weighted by Crippen LogP contribution is -2.55. The van der Waals surface area contributed by atoms with Crippen LogP contribution in [0.2, 0.25) is 0 Å². The Morgan fingerprint density at radius 2 is 2.07 bits per heavy atom. The molecule has 0 aromatic heterocycles. The van der Waals surface area contributed by atoms with Gasteiger partial charge in [-0.05, 0) is 25.3 Å². The van der Waals surface area contributed by atoms with Crippen molar-refractivity contribution >= 4 is 11.9 Å². The van der Waals surface area contributed by atoms with Crippen LogP contribution in [0, 0.1) is 11.8 Å². The average Bonchev–Trinajstić information content (AvgIpc) is 2.68. The number of carbonyl (C=O) groups excluding carboxylic acids is 2. The number of fused-ring (bicyclic) bond motifs is 1. The van der Waals surface area contributed by atoms with Crippen LogP contribution in [0.4, 0.5) is 0 Å². The van der Waals surface area contributed by atoms with Crippen molar-refractivity contribution in [3.05, 3.63) is 48.4 Å². The number of hydrogen-bond acceptors (Lipinski definition) is 5. The quantitative estimate of drug-likeness (QED) is 0.456. The molecular weight excluding hydrogens is 356 g/mol. The summed E-state index contributed by atoms with van der Waals surface area (Å²) in [5.41, 5.74) is 0.290. The third kappa shape index (κ3) is 5.35. The zero-order valence-corrected chi connectivity index (χ0v) is 17.3. The summed E-state index contributed by atoms with van der Waals surface area (Å²) in [5, 5.41) is 2.79. The average molecular weight is 389 g/mol. The summed E-state index contributed by atoms with van der Waals surface area (Å²) in [6.45, 7) is 5.76. The Kier molecular flexibility index (Phi) is 8.05. The number of amides is 1. The maximum atomic E-state index is 12.4. The molecule has 1 N–H and O–H groups in total. The fourth-order valence-corrected chi connectivity index (χ4v) is 4.09. The van der Waals surface area contributed by atoms with Crippen molar-refractivity contribution < 1.29 is 19.1 Å². The van der Waals surface area contributed by atoms with Gasteiger partial charge in [-0.3, -0.25) is 9.69 Å². The first kappa shape index (κ1) is 22.0. The minimum atomic E-state index is -0.344. The molecule has 154 valence electrons. The smallest absolute Gasteiger partial charge is 0.337 e. The van der Waals surface area contributed by atoms with E-state index in [9.17, 15) is 9.59 Å². The van der Waals surface area contributed by atoms with Gasteiger partial charge in [-0.1, -0.05) is 37.6 Å². The van der Waals surface area contributed by atoms with Crippen molar-refractivity contribution in [1.82, 2.24) is 10.2 Å². The van der Waals surface area contributed by atoms with Crippen LogP contribution in [0.3, 0.4) is 0 Å². The Morgan fingerprint density at radius 3 is 2.75 bits per heavy atom. The number of piperidine rings is 1. The number of methoxy groups -OCH3 is 2. The van der Waals surface area contributed by atoms with E-state index in [-0.39, 0.29) is 29.3 Å². The molecule has 3 atom stereocenters. The number of esters is 1. The highest BCUT2D eigenvalue weighted by atomic mass is 16.5. The molecule has 2 rings (SSSR count). The summed E-state index contributed by atoms with van der Waals surface area (Å²) in [6, 6.07) is 0. The molecule has 2 aliphatic heterocycles. The Labute approximate surface area is 167 Å². The number of hydrogen-bond donors (Lipinski definition) is 1. The molecular formula is C22H32N2O4. The molecule has 2 aliphatic rings. The Bertz CT molecular complexity index is 680. The van der Waals surface area contributed by atoms with E-state index in [0.29, 0.717) is 18.5 Å². The lowest BCUT2D eigenvalue weighted by atomic mass is 9.71. The predicted octanol–water partition coefficient (Wildman–Crippen LogP) is 2.94. The molecule has 0 radical (unpaired) electrons. The molecule has 1 saturated heterocycles.